The molecule has 2 atom stereocenters. The fourth-order valence-electron chi connectivity index (χ4n) is 3.18. The van der Waals surface area contributed by atoms with Gasteiger partial charge >= 0.3 is 0 Å². The van der Waals surface area contributed by atoms with E-state index in [1.165, 1.54) is 10.8 Å². The molecule has 1 aliphatic rings. The first-order valence-electron chi connectivity index (χ1n) is 7.59. The highest BCUT2D eigenvalue weighted by Crippen LogP contribution is 2.31. The minimum absolute atomic E-state index is 0.0564. The van der Waals surface area contributed by atoms with Crippen LogP contribution >= 0.6 is 0 Å². The topological polar surface area (TPSA) is 56.1 Å². The van der Waals surface area contributed by atoms with Gasteiger partial charge in [0.05, 0.1) is 6.07 Å². The van der Waals surface area contributed by atoms with Crippen molar-refractivity contribution in [1.29, 1.82) is 5.26 Å². The monoisotopic (exact) mass is 293 g/mol. The Kier molecular flexibility index (Phi) is 3.97. The van der Waals surface area contributed by atoms with Crippen molar-refractivity contribution in [2.24, 2.45) is 5.92 Å². The summed E-state index contributed by atoms with van der Waals surface area (Å²) in [5.74, 6) is 0.406. The molecule has 22 heavy (non-hydrogen) atoms. The molecule has 0 bridgehead atoms. The molecule has 0 saturated carbocycles. The summed E-state index contributed by atoms with van der Waals surface area (Å²) < 4.78 is 0. The van der Waals surface area contributed by atoms with E-state index < -0.39 is 0 Å². The van der Waals surface area contributed by atoms with Crippen LogP contribution < -0.4 is 10.2 Å². The van der Waals surface area contributed by atoms with E-state index in [0.29, 0.717) is 5.92 Å². The predicted molar refractivity (Wildman–Crippen MR) is 87.5 cm³/mol. The van der Waals surface area contributed by atoms with Gasteiger partial charge in [-0.3, -0.25) is 4.79 Å². The lowest BCUT2D eigenvalue weighted by Crippen LogP contribution is -2.43. The molecule has 2 aromatic carbocycles. The molecule has 1 aliphatic heterocycles. The van der Waals surface area contributed by atoms with E-state index in [2.05, 4.69) is 47.5 Å². The summed E-state index contributed by atoms with van der Waals surface area (Å²) in [6, 6.07) is 16.3. The molecule has 112 valence electrons. The lowest BCUT2D eigenvalue weighted by Gasteiger charge is -2.26. The zero-order chi connectivity index (χ0) is 15.5. The number of nitrogens with zero attached hydrogens (tertiary/aromatic N) is 2. The second kappa shape index (κ2) is 6.07. The lowest BCUT2D eigenvalue weighted by molar-refractivity contribution is -0.122. The van der Waals surface area contributed by atoms with Gasteiger partial charge in [0.1, 0.15) is 12.6 Å². The van der Waals surface area contributed by atoms with Crippen LogP contribution in [0.5, 0.6) is 0 Å². The highest BCUT2D eigenvalue weighted by molar-refractivity contribution is 5.89. The summed E-state index contributed by atoms with van der Waals surface area (Å²) in [4.78, 5) is 14.4. The Bertz CT molecular complexity index is 734. The maximum Gasteiger partial charge on any atom is 0.243 e. The molecular formula is C18H19N3O. The average molecular weight is 293 g/mol. The highest BCUT2D eigenvalue weighted by Gasteiger charge is 2.34. The van der Waals surface area contributed by atoms with Crippen molar-refractivity contribution in [3.63, 3.8) is 0 Å². The Morgan fingerprint density at radius 2 is 2.09 bits per heavy atom. The summed E-state index contributed by atoms with van der Waals surface area (Å²) in [6.45, 7) is 3.09. The molecule has 1 fully saturated rings. The van der Waals surface area contributed by atoms with Gasteiger partial charge in [-0.2, -0.15) is 5.26 Å². The quantitative estimate of drug-likeness (QED) is 0.885. The van der Waals surface area contributed by atoms with Crippen molar-refractivity contribution in [3.8, 4) is 6.07 Å². The molecule has 2 aromatic rings. The van der Waals surface area contributed by atoms with Crippen molar-refractivity contribution in [1.82, 2.24) is 5.32 Å². The van der Waals surface area contributed by atoms with Gasteiger partial charge in [-0.25, -0.2) is 0 Å². The third-order valence-electron chi connectivity index (χ3n) is 4.22. The average Bonchev–Trinajstić information content (AvgIpc) is 2.94. The third kappa shape index (κ3) is 2.75. The zero-order valence-electron chi connectivity index (χ0n) is 12.6. The maximum atomic E-state index is 12.3. The number of anilines is 1. The van der Waals surface area contributed by atoms with Crippen LogP contribution in [-0.4, -0.2) is 25.0 Å². The minimum atomic E-state index is -0.190. The number of carbonyl (C=O) groups excluding carboxylic acids is 1. The van der Waals surface area contributed by atoms with Gasteiger partial charge in [0, 0.05) is 12.2 Å². The number of nitrogens with one attached hydrogen (secondary N) is 1. The largest absolute Gasteiger partial charge is 0.359 e. The Morgan fingerprint density at radius 3 is 2.86 bits per heavy atom. The SMILES string of the molecule is C[C@H]1C[C@@H](C(=O)NCC#N)N(c2ccc3ccccc3c2)C1. The van der Waals surface area contributed by atoms with Gasteiger partial charge in [0.25, 0.3) is 0 Å². The Hall–Kier alpha value is -2.54. The molecule has 1 heterocycles. The van der Waals surface area contributed by atoms with E-state index in [1.807, 2.05) is 18.2 Å². The van der Waals surface area contributed by atoms with E-state index in [1.54, 1.807) is 0 Å². The van der Waals surface area contributed by atoms with E-state index >= 15 is 0 Å². The van der Waals surface area contributed by atoms with Crippen LogP contribution in [0.4, 0.5) is 5.69 Å². The summed E-state index contributed by atoms with van der Waals surface area (Å²) in [7, 11) is 0. The summed E-state index contributed by atoms with van der Waals surface area (Å²) in [5.41, 5.74) is 1.07. The first-order chi connectivity index (χ1) is 10.7. The molecule has 0 aliphatic carbocycles. The van der Waals surface area contributed by atoms with E-state index in [4.69, 9.17) is 5.26 Å². The molecule has 1 saturated heterocycles. The van der Waals surface area contributed by atoms with Crippen molar-refractivity contribution < 1.29 is 4.79 Å². The zero-order valence-corrected chi connectivity index (χ0v) is 12.6. The molecule has 0 aromatic heterocycles. The van der Waals surface area contributed by atoms with Crippen LogP contribution in [0.2, 0.25) is 0 Å². The van der Waals surface area contributed by atoms with Crippen LogP contribution in [-0.2, 0) is 4.79 Å². The van der Waals surface area contributed by atoms with Gasteiger partial charge in [-0.15, -0.1) is 0 Å². The normalized spacial score (nSPS) is 20.8. The number of nitriles is 1. The second-order valence-electron chi connectivity index (χ2n) is 5.92. The first kappa shape index (κ1) is 14.4. The minimum Gasteiger partial charge on any atom is -0.359 e. The number of benzene rings is 2. The second-order valence-corrected chi connectivity index (χ2v) is 5.92. The Labute approximate surface area is 130 Å². The fourth-order valence-corrected chi connectivity index (χ4v) is 3.18. The fraction of sp³-hybridized carbons (Fsp3) is 0.333. The van der Waals surface area contributed by atoms with Crippen molar-refractivity contribution in [2.75, 3.05) is 18.0 Å². The lowest BCUT2D eigenvalue weighted by atomic mass is 10.1. The van der Waals surface area contributed by atoms with Gasteiger partial charge in [0.2, 0.25) is 5.91 Å². The molecular weight excluding hydrogens is 274 g/mol. The van der Waals surface area contributed by atoms with Crippen LogP contribution in [0, 0.1) is 17.2 Å². The molecule has 1 amide bonds. The molecule has 4 nitrogen and oxygen atoms in total. The Morgan fingerprint density at radius 1 is 1.32 bits per heavy atom. The maximum absolute atomic E-state index is 12.3. The molecule has 0 spiro atoms. The van der Waals surface area contributed by atoms with Gasteiger partial charge in [-0.1, -0.05) is 37.3 Å². The number of fused-ring (bicyclic) bond motifs is 1. The van der Waals surface area contributed by atoms with Crippen LogP contribution in [0.3, 0.4) is 0 Å². The molecule has 3 rings (SSSR count). The van der Waals surface area contributed by atoms with E-state index in [-0.39, 0.29) is 18.5 Å². The third-order valence-corrected chi connectivity index (χ3v) is 4.22. The predicted octanol–water partition coefficient (Wildman–Crippen LogP) is 2.69. The number of amides is 1. The van der Waals surface area contributed by atoms with E-state index in [0.717, 1.165) is 18.7 Å². The van der Waals surface area contributed by atoms with Crippen molar-refractivity contribution >= 4 is 22.4 Å². The smallest absolute Gasteiger partial charge is 0.243 e. The van der Waals surface area contributed by atoms with Crippen LogP contribution in [0.1, 0.15) is 13.3 Å². The first-order valence-corrected chi connectivity index (χ1v) is 7.59. The van der Waals surface area contributed by atoms with Crippen LogP contribution in [0.25, 0.3) is 10.8 Å². The standard InChI is InChI=1S/C18H19N3O/c1-13-10-17(18(22)20-9-8-19)21(12-13)16-7-6-14-4-2-3-5-15(14)11-16/h2-7,11,13,17H,9-10,12H2,1H3,(H,20,22)/t13-,17-/m0/s1. The van der Waals surface area contributed by atoms with Gasteiger partial charge < -0.3 is 10.2 Å². The van der Waals surface area contributed by atoms with Crippen LogP contribution in [0.15, 0.2) is 42.5 Å². The molecule has 1 N–H and O–H groups in total. The number of hydrogen-bond donors (Lipinski definition) is 1. The molecule has 0 radical (unpaired) electrons. The Balaban J connectivity index is 1.89. The molecule has 0 unspecified atom stereocenters. The number of carbonyl (C=O) groups is 1. The summed E-state index contributed by atoms with van der Waals surface area (Å²) >= 11 is 0. The summed E-state index contributed by atoms with van der Waals surface area (Å²) in [5, 5.41) is 13.7. The van der Waals surface area contributed by atoms with Crippen molar-refractivity contribution in [3.05, 3.63) is 42.5 Å². The summed E-state index contributed by atoms with van der Waals surface area (Å²) in [6.07, 6.45) is 0.824. The van der Waals surface area contributed by atoms with E-state index in [9.17, 15) is 4.79 Å². The number of hydrogen-bond acceptors (Lipinski definition) is 3. The molecule has 4 heteroatoms. The number of rotatable bonds is 3. The van der Waals surface area contributed by atoms with Gasteiger partial charge in [0.15, 0.2) is 0 Å². The highest BCUT2D eigenvalue weighted by atomic mass is 16.2. The van der Waals surface area contributed by atoms with Crippen molar-refractivity contribution in [2.45, 2.75) is 19.4 Å². The van der Waals surface area contributed by atoms with Gasteiger partial charge in [-0.05, 0) is 35.2 Å².